The van der Waals surface area contributed by atoms with Crippen LogP contribution in [-0.4, -0.2) is 9.97 Å². The Morgan fingerprint density at radius 3 is 2.62 bits per heavy atom. The Kier molecular flexibility index (Phi) is 3.08. The number of hydrogen-bond acceptors (Lipinski definition) is 2. The summed E-state index contributed by atoms with van der Waals surface area (Å²) >= 11 is 11.4. The van der Waals surface area contributed by atoms with Crippen LogP contribution in [-0.2, 0) is 0 Å². The molecular formula is C12H11ClN2S. The van der Waals surface area contributed by atoms with Gasteiger partial charge in [0.05, 0.1) is 5.69 Å². The van der Waals surface area contributed by atoms with Crippen LogP contribution in [0, 0.1) is 18.5 Å². The van der Waals surface area contributed by atoms with Crippen molar-refractivity contribution in [2.75, 3.05) is 0 Å². The van der Waals surface area contributed by atoms with Gasteiger partial charge in [0.25, 0.3) is 0 Å². The van der Waals surface area contributed by atoms with Crippen molar-refractivity contribution in [1.82, 2.24) is 9.97 Å². The predicted octanol–water partition coefficient (Wildman–Crippen LogP) is 4.08. The average Bonchev–Trinajstić information content (AvgIpc) is 2.24. The molecule has 0 aliphatic carbocycles. The molecule has 2 nitrogen and oxygen atoms in total. The third-order valence-corrected chi connectivity index (χ3v) is 3.14. The summed E-state index contributed by atoms with van der Waals surface area (Å²) in [4.78, 5) is 7.42. The van der Waals surface area contributed by atoms with Crippen LogP contribution in [0.1, 0.15) is 11.4 Å². The number of benzene rings is 1. The highest BCUT2D eigenvalue weighted by molar-refractivity contribution is 7.71. The zero-order valence-corrected chi connectivity index (χ0v) is 10.6. The van der Waals surface area contributed by atoms with E-state index in [1.807, 2.05) is 38.1 Å². The summed E-state index contributed by atoms with van der Waals surface area (Å²) in [6, 6.07) is 7.69. The first kappa shape index (κ1) is 11.3. The minimum Gasteiger partial charge on any atom is -0.343 e. The molecule has 2 rings (SSSR count). The molecule has 1 aromatic heterocycles. The first-order valence-electron chi connectivity index (χ1n) is 4.92. The van der Waals surface area contributed by atoms with Crippen LogP contribution in [0.3, 0.4) is 0 Å². The van der Waals surface area contributed by atoms with Gasteiger partial charge in [0, 0.05) is 16.1 Å². The fourth-order valence-corrected chi connectivity index (χ4v) is 2.05. The standard InChI is InChI=1S/C12H11ClN2S/c1-7-11(14-8(2)15-12(7)16)9-5-3-4-6-10(9)13/h3-6H,1-2H3,(H,14,15,16). The monoisotopic (exact) mass is 250 g/mol. The maximum Gasteiger partial charge on any atom is 0.133 e. The lowest BCUT2D eigenvalue weighted by molar-refractivity contribution is 1.02. The average molecular weight is 251 g/mol. The van der Waals surface area contributed by atoms with Gasteiger partial charge < -0.3 is 4.98 Å². The minimum atomic E-state index is 0.617. The van der Waals surface area contributed by atoms with Crippen LogP contribution >= 0.6 is 23.8 Å². The third kappa shape index (κ3) is 2.01. The highest BCUT2D eigenvalue weighted by atomic mass is 35.5. The van der Waals surface area contributed by atoms with Gasteiger partial charge in [-0.1, -0.05) is 42.0 Å². The first-order chi connectivity index (χ1) is 7.59. The number of nitrogens with zero attached hydrogens (tertiary/aromatic N) is 1. The molecule has 0 unspecified atom stereocenters. The van der Waals surface area contributed by atoms with Crippen molar-refractivity contribution in [3.8, 4) is 11.3 Å². The van der Waals surface area contributed by atoms with Crippen LogP contribution in [0.25, 0.3) is 11.3 Å². The van der Waals surface area contributed by atoms with Gasteiger partial charge >= 0.3 is 0 Å². The molecule has 0 aliphatic heterocycles. The van der Waals surface area contributed by atoms with Gasteiger partial charge in [-0.15, -0.1) is 0 Å². The van der Waals surface area contributed by atoms with Gasteiger partial charge in [-0.2, -0.15) is 0 Å². The molecule has 0 fully saturated rings. The fourth-order valence-electron chi connectivity index (χ4n) is 1.58. The molecule has 0 radical (unpaired) electrons. The maximum atomic E-state index is 6.16. The summed E-state index contributed by atoms with van der Waals surface area (Å²) in [5, 5.41) is 0.710. The van der Waals surface area contributed by atoms with Gasteiger partial charge in [0.2, 0.25) is 0 Å². The Balaban J connectivity index is 2.74. The van der Waals surface area contributed by atoms with Crippen LogP contribution in [0.2, 0.25) is 5.02 Å². The summed E-state index contributed by atoms with van der Waals surface area (Å²) in [6.45, 7) is 3.83. The van der Waals surface area contributed by atoms with E-state index in [2.05, 4.69) is 9.97 Å². The lowest BCUT2D eigenvalue weighted by Gasteiger charge is -2.09. The molecule has 1 heterocycles. The van der Waals surface area contributed by atoms with Crippen molar-refractivity contribution in [2.24, 2.45) is 0 Å². The molecule has 4 heteroatoms. The van der Waals surface area contributed by atoms with Gasteiger partial charge in [0.1, 0.15) is 10.5 Å². The van der Waals surface area contributed by atoms with E-state index in [1.54, 1.807) is 0 Å². The fraction of sp³-hybridized carbons (Fsp3) is 0.167. The van der Waals surface area contributed by atoms with E-state index in [-0.39, 0.29) is 0 Å². The number of aryl methyl sites for hydroxylation is 1. The molecule has 0 bridgehead atoms. The second-order valence-electron chi connectivity index (χ2n) is 3.61. The Morgan fingerprint density at radius 1 is 1.25 bits per heavy atom. The zero-order chi connectivity index (χ0) is 11.7. The Labute approximate surface area is 104 Å². The number of rotatable bonds is 1. The van der Waals surface area contributed by atoms with Crippen LogP contribution in [0.5, 0.6) is 0 Å². The van der Waals surface area contributed by atoms with E-state index >= 15 is 0 Å². The summed E-state index contributed by atoms with van der Waals surface area (Å²) in [5.74, 6) is 0.797. The van der Waals surface area contributed by atoms with E-state index in [0.29, 0.717) is 9.66 Å². The molecule has 82 valence electrons. The van der Waals surface area contributed by atoms with E-state index in [9.17, 15) is 0 Å². The number of H-pyrrole nitrogens is 1. The van der Waals surface area contributed by atoms with E-state index in [1.165, 1.54) is 0 Å². The highest BCUT2D eigenvalue weighted by Crippen LogP contribution is 2.28. The second kappa shape index (κ2) is 4.36. The lowest BCUT2D eigenvalue weighted by atomic mass is 10.1. The van der Waals surface area contributed by atoms with Gasteiger partial charge in [-0.25, -0.2) is 4.98 Å². The minimum absolute atomic E-state index is 0.617. The summed E-state index contributed by atoms with van der Waals surface area (Å²) in [6.07, 6.45) is 0. The van der Waals surface area contributed by atoms with Gasteiger partial charge in [-0.3, -0.25) is 0 Å². The summed E-state index contributed by atoms with van der Waals surface area (Å²) < 4.78 is 0.617. The quantitative estimate of drug-likeness (QED) is 0.773. The molecule has 1 aromatic carbocycles. The van der Waals surface area contributed by atoms with Gasteiger partial charge in [0.15, 0.2) is 0 Å². The second-order valence-corrected chi connectivity index (χ2v) is 4.40. The number of aromatic amines is 1. The summed E-state index contributed by atoms with van der Waals surface area (Å²) in [7, 11) is 0. The normalized spacial score (nSPS) is 10.4. The SMILES string of the molecule is Cc1nc(=S)c(C)c(-c2ccccc2Cl)[nH]1. The molecule has 0 amide bonds. The number of nitrogens with one attached hydrogen (secondary N) is 1. The smallest absolute Gasteiger partial charge is 0.133 e. The Hall–Kier alpha value is -1.19. The van der Waals surface area contributed by atoms with Gasteiger partial charge in [-0.05, 0) is 19.9 Å². The Bertz CT molecular complexity index is 590. The zero-order valence-electron chi connectivity index (χ0n) is 9.04. The number of halogens is 1. The number of hydrogen-bond donors (Lipinski definition) is 1. The molecular weight excluding hydrogens is 240 g/mol. The molecule has 0 spiro atoms. The van der Waals surface area contributed by atoms with Crippen molar-refractivity contribution in [3.05, 3.63) is 45.3 Å². The molecule has 16 heavy (non-hydrogen) atoms. The third-order valence-electron chi connectivity index (χ3n) is 2.41. The molecule has 0 aliphatic rings. The molecule has 2 aromatic rings. The van der Waals surface area contributed by atoms with E-state index < -0.39 is 0 Å². The van der Waals surface area contributed by atoms with Crippen LogP contribution < -0.4 is 0 Å². The molecule has 0 atom stereocenters. The highest BCUT2D eigenvalue weighted by Gasteiger charge is 2.08. The van der Waals surface area contributed by atoms with Crippen molar-refractivity contribution in [1.29, 1.82) is 0 Å². The summed E-state index contributed by atoms with van der Waals surface area (Å²) in [5.41, 5.74) is 2.86. The molecule has 1 N–H and O–H groups in total. The van der Waals surface area contributed by atoms with Crippen molar-refractivity contribution >= 4 is 23.8 Å². The maximum absolute atomic E-state index is 6.16. The molecule has 0 saturated carbocycles. The van der Waals surface area contributed by atoms with E-state index in [4.69, 9.17) is 23.8 Å². The first-order valence-corrected chi connectivity index (χ1v) is 5.70. The Morgan fingerprint density at radius 2 is 1.94 bits per heavy atom. The van der Waals surface area contributed by atoms with Crippen molar-refractivity contribution in [2.45, 2.75) is 13.8 Å². The van der Waals surface area contributed by atoms with Crippen LogP contribution in [0.15, 0.2) is 24.3 Å². The lowest BCUT2D eigenvalue weighted by Crippen LogP contribution is -1.96. The molecule has 0 saturated heterocycles. The topological polar surface area (TPSA) is 28.7 Å². The largest absolute Gasteiger partial charge is 0.343 e. The van der Waals surface area contributed by atoms with Crippen LogP contribution in [0.4, 0.5) is 0 Å². The predicted molar refractivity (Wildman–Crippen MR) is 69.3 cm³/mol. The van der Waals surface area contributed by atoms with Crippen molar-refractivity contribution < 1.29 is 0 Å². The van der Waals surface area contributed by atoms with Crippen molar-refractivity contribution in [3.63, 3.8) is 0 Å². The number of aromatic nitrogens is 2. The van der Waals surface area contributed by atoms with E-state index in [0.717, 1.165) is 22.6 Å².